The fourth-order valence-corrected chi connectivity index (χ4v) is 1.26. The maximum absolute atomic E-state index is 10.8. The average molecular weight is 213 g/mol. The molecule has 0 unspecified atom stereocenters. The topological polar surface area (TPSA) is 38.7 Å². The molecule has 16 heavy (non-hydrogen) atoms. The number of ketones is 1. The number of benzene rings is 1. The van der Waals surface area contributed by atoms with Crippen LogP contribution in [0.15, 0.2) is 59.8 Å². The summed E-state index contributed by atoms with van der Waals surface area (Å²) < 4.78 is 0. The third-order valence-corrected chi connectivity index (χ3v) is 2.08. The molecular weight excluding hydrogens is 202 g/mol. The predicted molar refractivity (Wildman–Crippen MR) is 62.0 cm³/mol. The predicted octanol–water partition coefficient (Wildman–Crippen LogP) is 2.25. The summed E-state index contributed by atoms with van der Waals surface area (Å²) in [5.41, 5.74) is 1.71. The molecule has 0 atom stereocenters. The Balaban J connectivity index is 1.89. The van der Waals surface area contributed by atoms with Crippen molar-refractivity contribution < 1.29 is 9.63 Å². The molecule has 3 nitrogen and oxygen atoms in total. The molecule has 0 saturated heterocycles. The minimum Gasteiger partial charge on any atom is -0.390 e. The summed E-state index contributed by atoms with van der Waals surface area (Å²) in [7, 11) is 0. The summed E-state index contributed by atoms with van der Waals surface area (Å²) in [6.07, 6.45) is 6.19. The summed E-state index contributed by atoms with van der Waals surface area (Å²) in [5, 5.41) is 3.90. The van der Waals surface area contributed by atoms with Gasteiger partial charge in [0.15, 0.2) is 5.78 Å². The molecule has 0 aliphatic heterocycles. The van der Waals surface area contributed by atoms with E-state index < -0.39 is 0 Å². The smallest absolute Gasteiger partial charge is 0.178 e. The van der Waals surface area contributed by atoms with E-state index in [9.17, 15) is 4.79 Å². The van der Waals surface area contributed by atoms with Crippen molar-refractivity contribution >= 4 is 11.5 Å². The number of carbonyl (C=O) groups excluding carboxylic acids is 1. The quantitative estimate of drug-likeness (QED) is 0.570. The van der Waals surface area contributed by atoms with Crippen LogP contribution in [0.1, 0.15) is 5.56 Å². The van der Waals surface area contributed by atoms with Crippen LogP contribution in [0.2, 0.25) is 0 Å². The van der Waals surface area contributed by atoms with Crippen molar-refractivity contribution in [2.75, 3.05) is 0 Å². The number of hydrogen-bond acceptors (Lipinski definition) is 3. The first-order valence-corrected chi connectivity index (χ1v) is 4.98. The first kappa shape index (κ1) is 10.4. The molecular formula is C13H11NO2. The largest absolute Gasteiger partial charge is 0.390 e. The van der Waals surface area contributed by atoms with Crippen LogP contribution in [-0.4, -0.2) is 11.5 Å². The third-order valence-electron chi connectivity index (χ3n) is 2.08. The lowest BCUT2D eigenvalue weighted by Gasteiger charge is -2.01. The highest BCUT2D eigenvalue weighted by Gasteiger charge is 1.99. The molecule has 0 amide bonds. The van der Waals surface area contributed by atoms with Gasteiger partial charge in [-0.1, -0.05) is 35.5 Å². The van der Waals surface area contributed by atoms with E-state index in [4.69, 9.17) is 4.84 Å². The van der Waals surface area contributed by atoms with Gasteiger partial charge >= 0.3 is 0 Å². The fourth-order valence-electron chi connectivity index (χ4n) is 1.26. The van der Waals surface area contributed by atoms with Crippen LogP contribution in [0.4, 0.5) is 0 Å². The molecule has 0 N–H and O–H groups in total. The Morgan fingerprint density at radius 1 is 1.00 bits per heavy atom. The Bertz CT molecular complexity index is 440. The number of hydrogen-bond donors (Lipinski definition) is 0. The van der Waals surface area contributed by atoms with E-state index in [1.54, 1.807) is 12.2 Å². The van der Waals surface area contributed by atoms with E-state index >= 15 is 0 Å². The Kier molecular flexibility index (Phi) is 3.28. The highest BCUT2D eigenvalue weighted by Crippen LogP contribution is 2.02. The fraction of sp³-hybridized carbons (Fsp3) is 0.0769. The van der Waals surface area contributed by atoms with Gasteiger partial charge in [-0.15, -0.1) is 0 Å². The van der Waals surface area contributed by atoms with Crippen molar-refractivity contribution in [1.82, 2.24) is 0 Å². The number of nitrogens with zero attached hydrogens (tertiary/aromatic N) is 1. The second kappa shape index (κ2) is 5.07. The summed E-state index contributed by atoms with van der Waals surface area (Å²) in [6, 6.07) is 9.79. The number of oxime groups is 1. The Morgan fingerprint density at radius 3 is 2.38 bits per heavy atom. The highest BCUT2D eigenvalue weighted by molar-refractivity contribution is 6.16. The molecule has 0 saturated carbocycles. The van der Waals surface area contributed by atoms with Crippen molar-refractivity contribution in [3.05, 3.63) is 60.2 Å². The first-order chi connectivity index (χ1) is 7.84. The van der Waals surface area contributed by atoms with Gasteiger partial charge in [0.2, 0.25) is 0 Å². The second-order valence-corrected chi connectivity index (χ2v) is 3.34. The lowest BCUT2D eigenvalue weighted by atomic mass is 10.2. The molecule has 80 valence electrons. The molecule has 1 aliphatic rings. The van der Waals surface area contributed by atoms with Crippen molar-refractivity contribution in [2.24, 2.45) is 5.16 Å². The van der Waals surface area contributed by atoms with Gasteiger partial charge in [0.25, 0.3) is 0 Å². The minimum absolute atomic E-state index is 0.0259. The average Bonchev–Trinajstić information content (AvgIpc) is 2.33. The van der Waals surface area contributed by atoms with Crippen molar-refractivity contribution in [3.8, 4) is 0 Å². The number of carbonyl (C=O) groups is 1. The molecule has 0 heterocycles. The highest BCUT2D eigenvalue weighted by atomic mass is 16.6. The van der Waals surface area contributed by atoms with E-state index in [-0.39, 0.29) is 5.78 Å². The molecule has 1 aromatic carbocycles. The molecule has 0 radical (unpaired) electrons. The number of allylic oxidation sites excluding steroid dienone is 4. The van der Waals surface area contributed by atoms with Crippen LogP contribution in [0.25, 0.3) is 0 Å². The van der Waals surface area contributed by atoms with Gasteiger partial charge in [-0.05, 0) is 29.9 Å². The molecule has 2 rings (SSSR count). The summed E-state index contributed by atoms with van der Waals surface area (Å²) in [5.74, 6) is -0.0259. The number of rotatable bonds is 3. The molecule has 0 bridgehead atoms. The van der Waals surface area contributed by atoms with Gasteiger partial charge in [0.05, 0.1) is 0 Å². The maximum Gasteiger partial charge on any atom is 0.178 e. The summed E-state index contributed by atoms with van der Waals surface area (Å²) >= 11 is 0. The monoisotopic (exact) mass is 213 g/mol. The van der Waals surface area contributed by atoms with Gasteiger partial charge in [-0.3, -0.25) is 4.79 Å². The van der Waals surface area contributed by atoms with Gasteiger partial charge in [-0.25, -0.2) is 0 Å². The maximum atomic E-state index is 10.8. The van der Waals surface area contributed by atoms with E-state index in [1.807, 2.05) is 30.3 Å². The molecule has 0 aromatic heterocycles. The summed E-state index contributed by atoms with van der Waals surface area (Å²) in [4.78, 5) is 16.0. The van der Waals surface area contributed by atoms with E-state index in [2.05, 4.69) is 5.16 Å². The van der Waals surface area contributed by atoms with Gasteiger partial charge < -0.3 is 4.84 Å². The normalized spacial score (nSPS) is 14.0. The van der Waals surface area contributed by atoms with Crippen LogP contribution in [0, 0.1) is 0 Å². The van der Waals surface area contributed by atoms with Gasteiger partial charge in [0.1, 0.15) is 12.3 Å². The van der Waals surface area contributed by atoms with Crippen LogP contribution >= 0.6 is 0 Å². The first-order valence-electron chi connectivity index (χ1n) is 4.98. The van der Waals surface area contributed by atoms with E-state index in [0.29, 0.717) is 12.3 Å². The van der Waals surface area contributed by atoms with Crippen molar-refractivity contribution in [1.29, 1.82) is 0 Å². The zero-order valence-electron chi connectivity index (χ0n) is 8.67. The molecule has 3 heteroatoms. The van der Waals surface area contributed by atoms with Gasteiger partial charge in [0, 0.05) is 0 Å². The van der Waals surface area contributed by atoms with Crippen LogP contribution in [0.3, 0.4) is 0 Å². The summed E-state index contributed by atoms with van der Waals surface area (Å²) in [6.45, 7) is 0.431. The van der Waals surface area contributed by atoms with Crippen LogP contribution in [-0.2, 0) is 16.2 Å². The van der Waals surface area contributed by atoms with E-state index in [1.165, 1.54) is 12.2 Å². The lowest BCUT2D eigenvalue weighted by Crippen LogP contribution is -2.00. The Hall–Kier alpha value is -2.16. The van der Waals surface area contributed by atoms with E-state index in [0.717, 1.165) is 5.56 Å². The SMILES string of the molecule is O=C1C=CC(=NOCc2ccccc2)C=C1. The zero-order valence-corrected chi connectivity index (χ0v) is 8.67. The lowest BCUT2D eigenvalue weighted by molar-refractivity contribution is -0.110. The van der Waals surface area contributed by atoms with Crippen molar-refractivity contribution in [3.63, 3.8) is 0 Å². The molecule has 1 aromatic rings. The van der Waals surface area contributed by atoms with Crippen LogP contribution in [0.5, 0.6) is 0 Å². The Morgan fingerprint density at radius 2 is 1.69 bits per heavy atom. The zero-order chi connectivity index (χ0) is 11.2. The molecule has 0 fully saturated rings. The standard InChI is InChI=1S/C13H11NO2/c15-13-8-6-12(7-9-13)14-16-10-11-4-2-1-3-5-11/h1-9H,10H2. The molecule has 0 spiro atoms. The van der Waals surface area contributed by atoms with Crippen LogP contribution < -0.4 is 0 Å². The third kappa shape index (κ3) is 2.92. The van der Waals surface area contributed by atoms with Gasteiger partial charge in [-0.2, -0.15) is 0 Å². The Labute approximate surface area is 93.7 Å². The van der Waals surface area contributed by atoms with Crippen molar-refractivity contribution in [2.45, 2.75) is 6.61 Å². The minimum atomic E-state index is -0.0259. The second-order valence-electron chi connectivity index (χ2n) is 3.34. The molecule has 1 aliphatic carbocycles.